The summed E-state index contributed by atoms with van der Waals surface area (Å²) in [5.41, 5.74) is 15.3. The van der Waals surface area contributed by atoms with E-state index in [4.69, 9.17) is 25.7 Å². The number of aromatic nitrogens is 1. The average Bonchev–Trinajstić information content (AvgIpc) is 2.94. The molecule has 0 radical (unpaired) electrons. The van der Waals surface area contributed by atoms with Crippen molar-refractivity contribution in [1.29, 1.82) is 0 Å². The number of fused-ring (bicyclic) bond motifs is 1. The van der Waals surface area contributed by atoms with Gasteiger partial charge in [-0.05, 0) is 30.2 Å². The Kier molecular flexibility index (Phi) is 13.0. The number of amides is 3. The molecule has 1 aromatic carbocycles. The third kappa shape index (κ3) is 10.1. The Bertz CT molecular complexity index is 1370. The van der Waals surface area contributed by atoms with Gasteiger partial charge in [-0.1, -0.05) is 0 Å². The second kappa shape index (κ2) is 16.9. The number of anilines is 1. The number of ether oxygens (including phenoxy) is 3. The lowest BCUT2D eigenvalue weighted by atomic mass is 9.93. The van der Waals surface area contributed by atoms with E-state index in [1.54, 1.807) is 20.0 Å². The first-order chi connectivity index (χ1) is 20.7. The lowest BCUT2D eigenvalue weighted by molar-refractivity contribution is -0.123. The lowest BCUT2D eigenvalue weighted by Gasteiger charge is -2.18. The summed E-state index contributed by atoms with van der Waals surface area (Å²) in [6.45, 7) is 3.85. The Morgan fingerprint density at radius 3 is 2.21 bits per heavy atom. The van der Waals surface area contributed by atoms with Gasteiger partial charge in [-0.2, -0.15) is 0 Å². The highest BCUT2D eigenvalue weighted by molar-refractivity contribution is 6.02. The van der Waals surface area contributed by atoms with Crippen LogP contribution in [0.1, 0.15) is 36.0 Å². The summed E-state index contributed by atoms with van der Waals surface area (Å²) in [4.78, 5) is 43.5. The molecule has 232 valence electrons. The first kappa shape index (κ1) is 33.1. The monoisotopic (exact) mass is 599 g/mol. The van der Waals surface area contributed by atoms with Gasteiger partial charge in [0.2, 0.25) is 17.7 Å². The number of nitrogens with zero attached hydrogens (tertiary/aromatic N) is 2. The molecule has 1 aromatic heterocycles. The molecule has 3 amide bonds. The SMILES string of the molecule is CNC(=O)CCOCCOCCOCCC(=O)NCCC(=O)N/C(N)=C/c1cc(-c2cncc(N)c2C)c(F)c2c1C=N2. The number of carbonyl (C=O) groups excluding carboxylic acids is 3. The van der Waals surface area contributed by atoms with Crippen molar-refractivity contribution < 1.29 is 33.0 Å². The fourth-order valence-electron chi connectivity index (χ4n) is 3.96. The number of nitrogen functional groups attached to an aromatic ring is 1. The fraction of sp³-hybridized carbons (Fsp3) is 0.414. The van der Waals surface area contributed by atoms with Gasteiger partial charge >= 0.3 is 0 Å². The van der Waals surface area contributed by atoms with Gasteiger partial charge in [-0.25, -0.2) is 4.39 Å². The van der Waals surface area contributed by atoms with Crippen molar-refractivity contribution in [2.75, 3.05) is 59.0 Å². The largest absolute Gasteiger partial charge is 0.397 e. The summed E-state index contributed by atoms with van der Waals surface area (Å²) in [7, 11) is 1.57. The van der Waals surface area contributed by atoms with E-state index in [9.17, 15) is 14.4 Å². The third-order valence-corrected chi connectivity index (χ3v) is 6.42. The molecule has 0 saturated heterocycles. The standard InChI is InChI=1S/C29H38FN7O6/c1-18-21(15-34-17-23(18)31)20-13-19(22-16-36-29(22)28(20)30)14-24(32)37-27(40)3-6-35-26(39)5-8-42-10-12-43-11-9-41-7-4-25(38)33-2/h13-17H,3-12,31-32H2,1-2H3,(H,33,38)(H,35,39)(H,37,40)/b24-14+. The normalized spacial score (nSPS) is 11.9. The number of aliphatic imine (C=N–C) groups is 1. The second-order valence-electron chi connectivity index (χ2n) is 9.51. The molecule has 43 heavy (non-hydrogen) atoms. The van der Waals surface area contributed by atoms with Crippen molar-refractivity contribution in [2.24, 2.45) is 10.7 Å². The number of carbonyl (C=O) groups is 3. The van der Waals surface area contributed by atoms with Crippen LogP contribution in [0, 0.1) is 12.7 Å². The Hall–Kier alpha value is -4.40. The van der Waals surface area contributed by atoms with Gasteiger partial charge in [0.1, 0.15) is 11.5 Å². The van der Waals surface area contributed by atoms with E-state index in [1.807, 2.05) is 0 Å². The van der Waals surface area contributed by atoms with E-state index >= 15 is 4.39 Å². The third-order valence-electron chi connectivity index (χ3n) is 6.42. The molecule has 7 N–H and O–H groups in total. The zero-order valence-corrected chi connectivity index (χ0v) is 24.3. The number of benzene rings is 1. The van der Waals surface area contributed by atoms with Gasteiger partial charge in [-0.15, -0.1) is 0 Å². The van der Waals surface area contributed by atoms with Crippen LogP contribution in [-0.4, -0.2) is 82.2 Å². The van der Waals surface area contributed by atoms with E-state index < -0.39 is 11.7 Å². The minimum Gasteiger partial charge on any atom is -0.397 e. The zero-order chi connectivity index (χ0) is 31.2. The van der Waals surface area contributed by atoms with Crippen LogP contribution in [0.25, 0.3) is 17.2 Å². The molecule has 0 bridgehead atoms. The Balaban J connectivity index is 1.33. The minimum absolute atomic E-state index is 0.00253. The molecule has 0 saturated carbocycles. The molecule has 2 aromatic rings. The highest BCUT2D eigenvalue weighted by Crippen LogP contribution is 2.40. The first-order valence-corrected chi connectivity index (χ1v) is 13.8. The molecule has 13 nitrogen and oxygen atoms in total. The van der Waals surface area contributed by atoms with Crippen molar-refractivity contribution in [3.05, 3.63) is 46.8 Å². The summed E-state index contributed by atoms with van der Waals surface area (Å²) >= 11 is 0. The predicted molar refractivity (Wildman–Crippen MR) is 160 cm³/mol. The average molecular weight is 600 g/mol. The van der Waals surface area contributed by atoms with E-state index in [1.165, 1.54) is 24.7 Å². The smallest absolute Gasteiger partial charge is 0.227 e. The van der Waals surface area contributed by atoms with Crippen molar-refractivity contribution in [2.45, 2.75) is 26.2 Å². The molecule has 1 aliphatic rings. The first-order valence-electron chi connectivity index (χ1n) is 13.8. The highest BCUT2D eigenvalue weighted by atomic mass is 19.1. The molecule has 2 heterocycles. The Morgan fingerprint density at radius 2 is 1.58 bits per heavy atom. The molecule has 0 unspecified atom stereocenters. The van der Waals surface area contributed by atoms with E-state index in [0.29, 0.717) is 67.4 Å². The van der Waals surface area contributed by atoms with Gasteiger partial charge in [0.05, 0.1) is 51.5 Å². The Labute approximate surface area is 249 Å². The number of halogens is 1. The zero-order valence-electron chi connectivity index (χ0n) is 24.3. The van der Waals surface area contributed by atoms with Gasteiger partial charge in [0.15, 0.2) is 5.82 Å². The summed E-state index contributed by atoms with van der Waals surface area (Å²) in [6.07, 6.45) is 6.52. The van der Waals surface area contributed by atoms with Crippen LogP contribution in [0.5, 0.6) is 0 Å². The lowest BCUT2D eigenvalue weighted by Crippen LogP contribution is -2.32. The summed E-state index contributed by atoms with van der Waals surface area (Å²) in [5.74, 6) is -1.16. The van der Waals surface area contributed by atoms with E-state index in [0.717, 1.165) is 0 Å². The highest BCUT2D eigenvalue weighted by Gasteiger charge is 2.23. The maximum Gasteiger partial charge on any atom is 0.227 e. The number of nitrogens with two attached hydrogens (primary N) is 2. The number of rotatable bonds is 18. The number of hydrogen-bond acceptors (Lipinski definition) is 10. The van der Waals surface area contributed by atoms with E-state index in [2.05, 4.69) is 25.9 Å². The van der Waals surface area contributed by atoms with Crippen LogP contribution in [0.2, 0.25) is 0 Å². The Morgan fingerprint density at radius 1 is 0.930 bits per heavy atom. The van der Waals surface area contributed by atoms with Gasteiger partial charge < -0.3 is 41.6 Å². The van der Waals surface area contributed by atoms with Crippen LogP contribution in [0.3, 0.4) is 0 Å². The van der Waals surface area contributed by atoms with Crippen LogP contribution in [0.4, 0.5) is 15.8 Å². The molecule has 1 aliphatic heterocycles. The van der Waals surface area contributed by atoms with Crippen molar-refractivity contribution in [1.82, 2.24) is 20.9 Å². The fourth-order valence-corrected chi connectivity index (χ4v) is 3.96. The molecule has 14 heteroatoms. The summed E-state index contributed by atoms with van der Waals surface area (Å²) in [5, 5.41) is 7.74. The number of pyridine rings is 1. The van der Waals surface area contributed by atoms with Crippen LogP contribution in [0.15, 0.2) is 29.3 Å². The molecule has 3 rings (SSSR count). The van der Waals surface area contributed by atoms with Gasteiger partial charge in [-0.3, -0.25) is 24.4 Å². The topological polar surface area (TPSA) is 192 Å². The van der Waals surface area contributed by atoms with Crippen molar-refractivity contribution in [3.63, 3.8) is 0 Å². The molecule has 0 atom stereocenters. The summed E-state index contributed by atoms with van der Waals surface area (Å²) < 4.78 is 31.1. The molecule has 0 aliphatic carbocycles. The number of hydrogen-bond donors (Lipinski definition) is 5. The molecular formula is C29H38FN7O6. The summed E-state index contributed by atoms with van der Waals surface area (Å²) in [6, 6.07) is 1.61. The maximum atomic E-state index is 15.1. The van der Waals surface area contributed by atoms with Crippen molar-refractivity contribution >= 4 is 41.4 Å². The second-order valence-corrected chi connectivity index (χ2v) is 9.51. The van der Waals surface area contributed by atoms with Crippen molar-refractivity contribution in [3.8, 4) is 11.1 Å². The van der Waals surface area contributed by atoms with Crippen LogP contribution < -0.4 is 27.4 Å². The molecule has 0 spiro atoms. The predicted octanol–water partition coefficient (Wildman–Crippen LogP) is 1.30. The molecular weight excluding hydrogens is 561 g/mol. The van der Waals surface area contributed by atoms with Gasteiger partial charge in [0, 0.05) is 62.0 Å². The van der Waals surface area contributed by atoms with Crippen LogP contribution >= 0.6 is 0 Å². The molecule has 0 fully saturated rings. The van der Waals surface area contributed by atoms with Gasteiger partial charge in [0.25, 0.3) is 0 Å². The quantitative estimate of drug-likeness (QED) is 0.134. The van der Waals surface area contributed by atoms with E-state index in [-0.39, 0.29) is 54.9 Å². The number of nitrogens with one attached hydrogen (secondary N) is 3. The van der Waals surface area contributed by atoms with Crippen LogP contribution in [-0.2, 0) is 28.6 Å². The maximum absolute atomic E-state index is 15.1. The minimum atomic E-state index is -0.487.